The summed E-state index contributed by atoms with van der Waals surface area (Å²) in [7, 11) is 0. The highest BCUT2D eigenvalue weighted by Crippen LogP contribution is 2.32. The van der Waals surface area contributed by atoms with E-state index in [4.69, 9.17) is 29.4 Å². The number of ether oxygens (including phenoxy) is 5. The van der Waals surface area contributed by atoms with Gasteiger partial charge in [0.1, 0.15) is 22.8 Å². The standard InChI is InChI=1S/C25H37NO10/c1-9-19(27)32-15(2)13-25(26,20(28)29)14-16-10-11-17(33-21(30)35-23(3,4)5)18(12-16)34-22(31)36-24(6,7)8/h10-12,15H,9,13-14,26H2,1-8H3,(H,28,29)/t15-,25?/m0/s1. The van der Waals surface area contributed by atoms with Crippen LogP contribution < -0.4 is 15.2 Å². The van der Waals surface area contributed by atoms with Gasteiger partial charge in [0.05, 0.1) is 0 Å². The Labute approximate surface area is 211 Å². The molecule has 0 amide bonds. The average Bonchev–Trinajstić information content (AvgIpc) is 2.66. The summed E-state index contributed by atoms with van der Waals surface area (Å²) in [6, 6.07) is 4.10. The Morgan fingerprint density at radius 1 is 0.917 bits per heavy atom. The van der Waals surface area contributed by atoms with Crippen LogP contribution in [0.5, 0.6) is 11.5 Å². The van der Waals surface area contributed by atoms with Crippen molar-refractivity contribution in [1.82, 2.24) is 0 Å². The lowest BCUT2D eigenvalue weighted by Crippen LogP contribution is -2.52. The van der Waals surface area contributed by atoms with Crippen LogP contribution in [-0.4, -0.2) is 52.2 Å². The molecule has 0 aliphatic rings. The molecule has 0 spiro atoms. The largest absolute Gasteiger partial charge is 0.514 e. The van der Waals surface area contributed by atoms with E-state index in [0.717, 1.165) is 0 Å². The Bertz CT molecular complexity index is 961. The topological polar surface area (TPSA) is 161 Å². The van der Waals surface area contributed by atoms with Gasteiger partial charge in [-0.25, -0.2) is 9.59 Å². The quantitative estimate of drug-likeness (QED) is 0.275. The van der Waals surface area contributed by atoms with Gasteiger partial charge < -0.3 is 34.5 Å². The first-order valence-corrected chi connectivity index (χ1v) is 11.5. The van der Waals surface area contributed by atoms with E-state index in [1.54, 1.807) is 55.4 Å². The van der Waals surface area contributed by atoms with Gasteiger partial charge in [0.2, 0.25) is 0 Å². The minimum Gasteiger partial charge on any atom is -0.480 e. The summed E-state index contributed by atoms with van der Waals surface area (Å²) in [5.74, 6) is -2.15. The molecule has 0 fully saturated rings. The number of nitrogens with two attached hydrogens (primary N) is 1. The van der Waals surface area contributed by atoms with E-state index >= 15 is 0 Å². The normalized spacial score (nSPS) is 14.1. The zero-order chi connectivity index (χ0) is 27.9. The van der Waals surface area contributed by atoms with E-state index in [1.165, 1.54) is 18.2 Å². The number of aliphatic carboxylic acids is 1. The van der Waals surface area contributed by atoms with E-state index in [1.807, 2.05) is 0 Å². The molecule has 11 nitrogen and oxygen atoms in total. The van der Waals surface area contributed by atoms with Crippen LogP contribution in [0.3, 0.4) is 0 Å². The summed E-state index contributed by atoms with van der Waals surface area (Å²) in [6.45, 7) is 13.1. The van der Waals surface area contributed by atoms with Gasteiger partial charge >= 0.3 is 24.2 Å². The van der Waals surface area contributed by atoms with Gasteiger partial charge in [-0.1, -0.05) is 13.0 Å². The number of carboxylic acids is 1. The molecule has 0 radical (unpaired) electrons. The number of hydrogen-bond acceptors (Lipinski definition) is 10. The third-order valence-electron chi connectivity index (χ3n) is 4.39. The lowest BCUT2D eigenvalue weighted by Gasteiger charge is -2.28. The molecule has 1 aromatic carbocycles. The van der Waals surface area contributed by atoms with Crippen LogP contribution in [0.4, 0.5) is 9.59 Å². The Morgan fingerprint density at radius 2 is 1.42 bits per heavy atom. The predicted molar refractivity (Wildman–Crippen MR) is 129 cm³/mol. The summed E-state index contributed by atoms with van der Waals surface area (Å²) in [5, 5.41) is 9.80. The molecule has 0 aliphatic carbocycles. The lowest BCUT2D eigenvalue weighted by molar-refractivity contribution is -0.153. The third-order valence-corrected chi connectivity index (χ3v) is 4.39. The van der Waals surface area contributed by atoms with E-state index in [9.17, 15) is 24.3 Å². The summed E-state index contributed by atoms with van der Waals surface area (Å²) < 4.78 is 25.9. The minimum atomic E-state index is -1.82. The molecule has 0 heterocycles. The summed E-state index contributed by atoms with van der Waals surface area (Å²) in [5.41, 5.74) is 3.03. The Hall–Kier alpha value is -3.34. The molecule has 1 aromatic rings. The molecule has 0 aliphatic heterocycles. The number of carbonyl (C=O) groups is 4. The van der Waals surface area contributed by atoms with Crippen molar-refractivity contribution in [2.45, 2.75) is 97.5 Å². The fourth-order valence-electron chi connectivity index (χ4n) is 3.01. The van der Waals surface area contributed by atoms with Crippen molar-refractivity contribution >= 4 is 24.2 Å². The highest BCUT2D eigenvalue weighted by Gasteiger charge is 2.37. The molecule has 2 atom stereocenters. The maximum absolute atomic E-state index is 12.3. The summed E-state index contributed by atoms with van der Waals surface area (Å²) in [6.07, 6.45) is -3.11. The van der Waals surface area contributed by atoms with Crippen LogP contribution in [0.15, 0.2) is 18.2 Å². The Balaban J connectivity index is 3.27. The van der Waals surface area contributed by atoms with E-state index in [0.29, 0.717) is 5.56 Å². The van der Waals surface area contributed by atoms with Crippen LogP contribution in [0.1, 0.15) is 73.8 Å². The maximum atomic E-state index is 12.3. The number of esters is 1. The van der Waals surface area contributed by atoms with Crippen molar-refractivity contribution in [3.05, 3.63) is 23.8 Å². The van der Waals surface area contributed by atoms with Gasteiger partial charge in [0.25, 0.3) is 0 Å². The highest BCUT2D eigenvalue weighted by atomic mass is 16.8. The van der Waals surface area contributed by atoms with Crippen LogP contribution in [0.25, 0.3) is 0 Å². The zero-order valence-electron chi connectivity index (χ0n) is 22.1. The summed E-state index contributed by atoms with van der Waals surface area (Å²) >= 11 is 0. The minimum absolute atomic E-state index is 0.138. The van der Waals surface area contributed by atoms with Crippen molar-refractivity contribution in [1.29, 1.82) is 0 Å². The highest BCUT2D eigenvalue weighted by molar-refractivity contribution is 5.79. The van der Waals surface area contributed by atoms with Crippen molar-refractivity contribution in [2.75, 3.05) is 0 Å². The van der Waals surface area contributed by atoms with Gasteiger partial charge in [-0.2, -0.15) is 0 Å². The number of benzene rings is 1. The molecular formula is C25H37NO10. The predicted octanol–water partition coefficient (Wildman–Crippen LogP) is 4.37. The molecule has 0 saturated heterocycles. The van der Waals surface area contributed by atoms with E-state index in [2.05, 4.69) is 0 Å². The monoisotopic (exact) mass is 511 g/mol. The smallest absolute Gasteiger partial charge is 0.480 e. The van der Waals surface area contributed by atoms with Gasteiger partial charge in [-0.15, -0.1) is 0 Å². The Morgan fingerprint density at radius 3 is 1.86 bits per heavy atom. The van der Waals surface area contributed by atoms with Crippen molar-refractivity contribution in [2.24, 2.45) is 5.73 Å². The molecule has 3 N–H and O–H groups in total. The van der Waals surface area contributed by atoms with Crippen LogP contribution in [0, 0.1) is 0 Å². The van der Waals surface area contributed by atoms with Crippen LogP contribution in [0.2, 0.25) is 0 Å². The maximum Gasteiger partial charge on any atom is 0.514 e. The summed E-state index contributed by atoms with van der Waals surface area (Å²) in [4.78, 5) is 48.1. The van der Waals surface area contributed by atoms with Crippen molar-refractivity contribution in [3.8, 4) is 11.5 Å². The second-order valence-corrected chi connectivity index (χ2v) is 10.4. The number of carbonyl (C=O) groups excluding carboxylic acids is 3. The molecule has 1 rings (SSSR count). The van der Waals surface area contributed by atoms with Crippen LogP contribution >= 0.6 is 0 Å². The van der Waals surface area contributed by atoms with Crippen LogP contribution in [-0.2, 0) is 30.2 Å². The van der Waals surface area contributed by atoms with Crippen molar-refractivity contribution in [3.63, 3.8) is 0 Å². The average molecular weight is 512 g/mol. The zero-order valence-corrected chi connectivity index (χ0v) is 22.1. The second-order valence-electron chi connectivity index (χ2n) is 10.4. The number of carboxylic acid groups (broad SMARTS) is 1. The van der Waals surface area contributed by atoms with Gasteiger partial charge in [0.15, 0.2) is 11.5 Å². The van der Waals surface area contributed by atoms with E-state index < -0.39 is 47.1 Å². The fourth-order valence-corrected chi connectivity index (χ4v) is 3.01. The number of hydrogen-bond donors (Lipinski definition) is 2. The molecule has 0 saturated carbocycles. The van der Waals surface area contributed by atoms with Crippen molar-refractivity contribution < 1.29 is 48.0 Å². The molecule has 0 aromatic heterocycles. The first kappa shape index (κ1) is 30.7. The van der Waals surface area contributed by atoms with E-state index in [-0.39, 0.29) is 30.8 Å². The molecule has 1 unspecified atom stereocenters. The fraction of sp³-hybridized carbons (Fsp3) is 0.600. The van der Waals surface area contributed by atoms with Gasteiger partial charge in [0, 0.05) is 19.3 Å². The first-order valence-electron chi connectivity index (χ1n) is 11.5. The van der Waals surface area contributed by atoms with Gasteiger partial charge in [-0.05, 0) is 66.2 Å². The molecule has 11 heteroatoms. The third kappa shape index (κ3) is 10.9. The molecule has 0 bridgehead atoms. The number of rotatable bonds is 9. The second kappa shape index (κ2) is 12.1. The molecular weight excluding hydrogens is 474 g/mol. The molecule has 36 heavy (non-hydrogen) atoms. The lowest BCUT2D eigenvalue weighted by atomic mass is 9.86. The molecule has 202 valence electrons. The first-order chi connectivity index (χ1) is 16.3. The Kier molecular flexibility index (Phi) is 10.3. The van der Waals surface area contributed by atoms with Gasteiger partial charge in [-0.3, -0.25) is 9.59 Å². The SMILES string of the molecule is CCC(=O)O[C@@H](C)CC(N)(Cc1ccc(OC(=O)OC(C)(C)C)c(OC(=O)OC(C)(C)C)c1)C(=O)O.